The minimum absolute atomic E-state index is 0.130. The number of hydrogen-bond donors (Lipinski definition) is 3. The lowest BCUT2D eigenvalue weighted by Gasteiger charge is -2.41. The molecule has 0 saturated carbocycles. The van der Waals surface area contributed by atoms with Crippen LogP contribution in [-0.2, 0) is 19.1 Å². The molecule has 4 rings (SSSR count). The van der Waals surface area contributed by atoms with Gasteiger partial charge in [-0.2, -0.15) is 0 Å². The number of nitrogens with one attached hydrogen (secondary N) is 2. The summed E-state index contributed by atoms with van der Waals surface area (Å²) in [4.78, 5) is 58.9. The van der Waals surface area contributed by atoms with E-state index in [2.05, 4.69) is 20.6 Å². The number of imide groups is 1. The van der Waals surface area contributed by atoms with Gasteiger partial charge in [-0.25, -0.2) is 14.9 Å². The molecule has 1 aromatic heterocycles. The predicted molar refractivity (Wildman–Crippen MR) is 142 cm³/mol. The Labute approximate surface area is 231 Å². The van der Waals surface area contributed by atoms with Gasteiger partial charge in [-0.1, -0.05) is 29.3 Å². The largest absolute Gasteiger partial charge is 0.378 e. The van der Waals surface area contributed by atoms with E-state index in [1.54, 1.807) is 17.0 Å². The van der Waals surface area contributed by atoms with Crippen LogP contribution in [0.25, 0.3) is 0 Å². The molecule has 4 N–H and O–H groups in total. The number of hydrogen-bond acceptors (Lipinski definition) is 11. The lowest BCUT2D eigenvalue weighted by Crippen LogP contribution is -2.54. The van der Waals surface area contributed by atoms with Gasteiger partial charge in [0.05, 0.1) is 16.8 Å². The van der Waals surface area contributed by atoms with E-state index in [0.29, 0.717) is 10.6 Å². The molecule has 1 aromatic carbocycles. The van der Waals surface area contributed by atoms with Gasteiger partial charge in [0.15, 0.2) is 0 Å². The number of nitrogens with zero attached hydrogens (tertiary/aromatic N) is 5. The lowest BCUT2D eigenvalue weighted by atomic mass is 9.99. The summed E-state index contributed by atoms with van der Waals surface area (Å²) >= 11 is 12.7. The molecular formula is C23H22Cl2N8O6. The summed E-state index contributed by atoms with van der Waals surface area (Å²) in [6.07, 6.45) is 1.32. The number of rotatable bonds is 7. The van der Waals surface area contributed by atoms with E-state index in [9.17, 15) is 24.5 Å². The average molecular weight is 577 g/mol. The summed E-state index contributed by atoms with van der Waals surface area (Å²) in [5, 5.41) is 17.3. The van der Waals surface area contributed by atoms with Crippen molar-refractivity contribution in [2.24, 2.45) is 4.99 Å². The maximum Gasteiger partial charge on any atom is 0.311 e. The highest BCUT2D eigenvalue weighted by molar-refractivity contribution is 6.35. The molecule has 0 spiro atoms. The number of nitrogen functional groups attached to an aromatic ring is 1. The summed E-state index contributed by atoms with van der Waals surface area (Å²) in [6, 6.07) is 6.53. The zero-order chi connectivity index (χ0) is 28.3. The van der Waals surface area contributed by atoms with Crippen molar-refractivity contribution in [3.63, 3.8) is 0 Å². The van der Waals surface area contributed by atoms with Crippen LogP contribution in [0.15, 0.2) is 47.2 Å². The number of carbonyl (C=O) groups excluding carboxylic acids is 3. The second-order valence-electron chi connectivity index (χ2n) is 8.35. The normalized spacial score (nSPS) is 17.5. The Morgan fingerprint density at radius 1 is 1.23 bits per heavy atom. The zero-order valence-electron chi connectivity index (χ0n) is 20.4. The number of nitrogens with two attached hydrogens (primary N) is 1. The molecular weight excluding hydrogens is 555 g/mol. The molecule has 0 radical (unpaired) electrons. The van der Waals surface area contributed by atoms with Crippen LogP contribution in [0.4, 0.5) is 17.3 Å². The molecule has 2 aromatic rings. The first-order valence-electron chi connectivity index (χ1n) is 11.4. The Morgan fingerprint density at radius 3 is 2.56 bits per heavy atom. The predicted octanol–water partition coefficient (Wildman–Crippen LogP) is 2.07. The van der Waals surface area contributed by atoms with Gasteiger partial charge in [-0.3, -0.25) is 29.8 Å². The minimum atomic E-state index is -0.864. The zero-order valence-corrected chi connectivity index (χ0v) is 21.9. The molecule has 39 heavy (non-hydrogen) atoms. The molecule has 0 aliphatic carbocycles. The van der Waals surface area contributed by atoms with Crippen molar-refractivity contribution in [1.29, 1.82) is 0 Å². The highest BCUT2D eigenvalue weighted by Gasteiger charge is 2.40. The van der Waals surface area contributed by atoms with Gasteiger partial charge in [-0.05, 0) is 23.8 Å². The molecule has 3 amide bonds. The molecule has 16 heteroatoms. The van der Waals surface area contributed by atoms with Crippen molar-refractivity contribution in [3.8, 4) is 0 Å². The standard InChI is InChI=1S/C23H22Cl2N8O6/c1-12(34)29-23-28-9-17(32-19(35)10-39-11-20(32)36)21(14-3-2-13(24)8-15(14)25)31(23)7-6-27-18-5-4-16(33(37)38)22(26)30-18/h2-5,8-9,21H,6-7,10-11H2,1H3,(H3,26,27,30)(H,28,29,34). The van der Waals surface area contributed by atoms with Crippen molar-refractivity contribution in [3.05, 3.63) is 68.0 Å². The van der Waals surface area contributed by atoms with Gasteiger partial charge >= 0.3 is 5.69 Å². The maximum atomic E-state index is 12.8. The third-order valence-electron chi connectivity index (χ3n) is 5.69. The molecule has 1 saturated heterocycles. The molecule has 1 unspecified atom stereocenters. The fraction of sp³-hybridized carbons (Fsp3) is 0.261. The number of pyridine rings is 1. The summed E-state index contributed by atoms with van der Waals surface area (Å²) < 4.78 is 5.06. The fourth-order valence-electron chi connectivity index (χ4n) is 4.09. The van der Waals surface area contributed by atoms with Crippen LogP contribution in [0, 0.1) is 10.1 Å². The summed E-state index contributed by atoms with van der Waals surface area (Å²) in [5.74, 6) is -1.45. The SMILES string of the molecule is CC(=O)NC1=NC=C(N2C(=O)COCC2=O)C(c2ccc(Cl)cc2Cl)N1CCNc1ccc([N+](=O)[O-])c(N)n1. The molecule has 0 bridgehead atoms. The number of nitro groups is 1. The summed E-state index contributed by atoms with van der Waals surface area (Å²) in [5.41, 5.74) is 6.04. The van der Waals surface area contributed by atoms with Gasteiger partial charge in [0, 0.05) is 36.1 Å². The molecule has 204 valence electrons. The Morgan fingerprint density at radius 2 is 1.95 bits per heavy atom. The fourth-order valence-corrected chi connectivity index (χ4v) is 4.60. The van der Waals surface area contributed by atoms with Gasteiger partial charge in [0.25, 0.3) is 11.8 Å². The Balaban J connectivity index is 1.71. The quantitative estimate of drug-likeness (QED) is 0.250. The number of anilines is 2. The molecule has 2 aliphatic heterocycles. The second-order valence-corrected chi connectivity index (χ2v) is 9.19. The Bertz CT molecular complexity index is 1400. The molecule has 1 fully saturated rings. The number of halogens is 2. The molecule has 1 atom stereocenters. The van der Waals surface area contributed by atoms with E-state index < -0.39 is 28.7 Å². The Hall–Kier alpha value is -4.27. The number of carbonyl (C=O) groups is 3. The average Bonchev–Trinajstić information content (AvgIpc) is 2.85. The Kier molecular flexibility index (Phi) is 8.28. The summed E-state index contributed by atoms with van der Waals surface area (Å²) in [7, 11) is 0. The van der Waals surface area contributed by atoms with E-state index in [-0.39, 0.29) is 60.3 Å². The van der Waals surface area contributed by atoms with Gasteiger partial charge < -0.3 is 20.7 Å². The van der Waals surface area contributed by atoms with Crippen LogP contribution < -0.4 is 16.4 Å². The number of benzene rings is 1. The van der Waals surface area contributed by atoms with Crippen LogP contribution in [0.5, 0.6) is 0 Å². The topological polar surface area (TPSA) is 185 Å². The first-order valence-corrected chi connectivity index (χ1v) is 12.2. The van der Waals surface area contributed by atoms with Gasteiger partial charge in [-0.15, -0.1) is 0 Å². The van der Waals surface area contributed by atoms with E-state index in [1.165, 1.54) is 31.3 Å². The van der Waals surface area contributed by atoms with Gasteiger partial charge in [0.2, 0.25) is 17.7 Å². The number of aliphatic imine (C=N–C) groups is 1. The second kappa shape index (κ2) is 11.6. The lowest BCUT2D eigenvalue weighted by molar-refractivity contribution is -0.384. The van der Waals surface area contributed by atoms with Crippen LogP contribution in [0.2, 0.25) is 10.0 Å². The number of amides is 3. The first-order chi connectivity index (χ1) is 18.6. The van der Waals surface area contributed by atoms with Crippen molar-refractivity contribution in [2.45, 2.75) is 13.0 Å². The van der Waals surface area contributed by atoms with E-state index >= 15 is 0 Å². The number of guanidine groups is 1. The van der Waals surface area contributed by atoms with E-state index in [0.717, 1.165) is 4.90 Å². The third-order valence-corrected chi connectivity index (χ3v) is 6.26. The first kappa shape index (κ1) is 27.8. The van der Waals surface area contributed by atoms with Crippen LogP contribution >= 0.6 is 23.2 Å². The molecule has 3 heterocycles. The smallest absolute Gasteiger partial charge is 0.311 e. The monoisotopic (exact) mass is 576 g/mol. The van der Waals surface area contributed by atoms with Crippen molar-refractivity contribution < 1.29 is 24.0 Å². The highest BCUT2D eigenvalue weighted by Crippen LogP contribution is 2.38. The number of ether oxygens (including phenoxy) is 1. The van der Waals surface area contributed by atoms with Crippen molar-refractivity contribution in [1.82, 2.24) is 20.1 Å². The number of morpholine rings is 1. The molecule has 14 nitrogen and oxygen atoms in total. The van der Waals surface area contributed by atoms with Crippen LogP contribution in [-0.4, -0.2) is 69.7 Å². The van der Waals surface area contributed by atoms with Crippen molar-refractivity contribution in [2.75, 3.05) is 37.4 Å². The number of aromatic nitrogens is 1. The molecule has 2 aliphatic rings. The third kappa shape index (κ3) is 6.08. The summed E-state index contributed by atoms with van der Waals surface area (Å²) in [6.45, 7) is 0.998. The van der Waals surface area contributed by atoms with Crippen LogP contribution in [0.3, 0.4) is 0 Å². The van der Waals surface area contributed by atoms with Gasteiger partial charge in [0.1, 0.15) is 25.1 Å². The minimum Gasteiger partial charge on any atom is -0.378 e. The highest BCUT2D eigenvalue weighted by atomic mass is 35.5. The van der Waals surface area contributed by atoms with E-state index in [1.807, 2.05) is 0 Å². The maximum absolute atomic E-state index is 12.8. The van der Waals surface area contributed by atoms with Crippen LogP contribution in [0.1, 0.15) is 18.5 Å². The van der Waals surface area contributed by atoms with Crippen molar-refractivity contribution >= 4 is 64.2 Å². The van der Waals surface area contributed by atoms with E-state index in [4.69, 9.17) is 33.7 Å².